The number of nitrogens with zero attached hydrogens (tertiary/aromatic N) is 1. The van der Waals surface area contributed by atoms with Crippen LogP contribution in [0.4, 0.5) is 10.1 Å². The number of hydrogen-bond donors (Lipinski definition) is 1. The van der Waals surface area contributed by atoms with E-state index in [1.165, 1.54) is 12.1 Å². The first kappa shape index (κ1) is 9.15. The van der Waals surface area contributed by atoms with Crippen molar-refractivity contribution >= 4 is 12.0 Å². The molecule has 1 N–H and O–H groups in total. The van der Waals surface area contributed by atoms with Gasteiger partial charge in [0.05, 0.1) is 11.7 Å². The minimum Gasteiger partial charge on any atom is -0.389 e. The molecule has 4 heteroatoms. The lowest BCUT2D eigenvalue weighted by Gasteiger charge is -2.37. The lowest BCUT2D eigenvalue weighted by Crippen LogP contribution is -2.50. The second-order valence-electron chi connectivity index (χ2n) is 3.38. The fraction of sp³-hybridized carbons (Fsp3) is 0.300. The monoisotopic (exact) mass is 195 g/mol. The van der Waals surface area contributed by atoms with E-state index >= 15 is 0 Å². The first-order valence-corrected chi connectivity index (χ1v) is 4.38. The van der Waals surface area contributed by atoms with Crippen molar-refractivity contribution in [3.8, 4) is 0 Å². The van der Waals surface area contributed by atoms with Gasteiger partial charge in [-0.15, -0.1) is 0 Å². The van der Waals surface area contributed by atoms with E-state index in [9.17, 15) is 9.18 Å². The van der Waals surface area contributed by atoms with Gasteiger partial charge in [-0.1, -0.05) is 0 Å². The number of aldehydes is 1. The molecule has 0 amide bonds. The van der Waals surface area contributed by atoms with Crippen LogP contribution in [-0.4, -0.2) is 30.6 Å². The van der Waals surface area contributed by atoms with Crippen LogP contribution in [0, 0.1) is 5.82 Å². The lowest BCUT2D eigenvalue weighted by atomic mass is 10.1. The van der Waals surface area contributed by atoms with Crippen LogP contribution >= 0.6 is 0 Å². The fourth-order valence-corrected chi connectivity index (χ4v) is 1.48. The molecular formula is C10H10FNO2. The van der Waals surface area contributed by atoms with E-state index < -0.39 is 5.82 Å². The van der Waals surface area contributed by atoms with Crippen LogP contribution in [0.15, 0.2) is 18.2 Å². The molecule has 0 aromatic heterocycles. The Labute approximate surface area is 80.8 Å². The molecule has 0 bridgehead atoms. The van der Waals surface area contributed by atoms with E-state index in [1.807, 2.05) is 4.90 Å². The van der Waals surface area contributed by atoms with Crippen LogP contribution < -0.4 is 4.90 Å². The topological polar surface area (TPSA) is 40.5 Å². The van der Waals surface area contributed by atoms with Gasteiger partial charge >= 0.3 is 0 Å². The largest absolute Gasteiger partial charge is 0.389 e. The van der Waals surface area contributed by atoms with E-state index in [1.54, 1.807) is 6.07 Å². The van der Waals surface area contributed by atoms with Crippen molar-refractivity contribution in [2.45, 2.75) is 6.10 Å². The number of aliphatic hydroxyl groups excluding tert-OH is 1. The zero-order chi connectivity index (χ0) is 10.1. The van der Waals surface area contributed by atoms with Gasteiger partial charge in [0, 0.05) is 18.8 Å². The van der Waals surface area contributed by atoms with Crippen LogP contribution in [0.3, 0.4) is 0 Å². The maximum Gasteiger partial charge on any atom is 0.153 e. The van der Waals surface area contributed by atoms with Crippen molar-refractivity contribution in [3.05, 3.63) is 29.6 Å². The number of halogens is 1. The predicted molar refractivity (Wildman–Crippen MR) is 50.0 cm³/mol. The molecule has 0 unspecified atom stereocenters. The zero-order valence-corrected chi connectivity index (χ0v) is 7.48. The highest BCUT2D eigenvalue weighted by atomic mass is 19.1. The number of rotatable bonds is 2. The SMILES string of the molecule is O=Cc1cc(N2CC(O)C2)ccc1F. The highest BCUT2D eigenvalue weighted by Crippen LogP contribution is 2.22. The summed E-state index contributed by atoms with van der Waals surface area (Å²) in [7, 11) is 0. The van der Waals surface area contributed by atoms with Crippen LogP contribution in [0.2, 0.25) is 0 Å². The van der Waals surface area contributed by atoms with Gasteiger partial charge in [0.1, 0.15) is 5.82 Å². The summed E-state index contributed by atoms with van der Waals surface area (Å²) in [6, 6.07) is 4.37. The Morgan fingerprint density at radius 1 is 1.50 bits per heavy atom. The second-order valence-corrected chi connectivity index (χ2v) is 3.38. The summed E-state index contributed by atoms with van der Waals surface area (Å²) in [6.07, 6.45) is 0.189. The molecule has 0 aliphatic carbocycles. The first-order valence-electron chi connectivity index (χ1n) is 4.38. The molecule has 1 fully saturated rings. The standard InChI is InChI=1S/C10H10FNO2/c11-10-2-1-8(3-7(10)6-13)12-4-9(14)5-12/h1-3,6,9,14H,4-5H2. The molecule has 1 aromatic rings. The van der Waals surface area contributed by atoms with Crippen molar-refractivity contribution in [3.63, 3.8) is 0 Å². The van der Waals surface area contributed by atoms with Crippen LogP contribution in [0.5, 0.6) is 0 Å². The predicted octanol–water partition coefficient (Wildman–Crippen LogP) is 0.819. The molecule has 0 saturated carbocycles. The van der Waals surface area contributed by atoms with E-state index in [0.29, 0.717) is 19.4 Å². The number of carbonyl (C=O) groups is 1. The lowest BCUT2D eigenvalue weighted by molar-refractivity contribution is 0.112. The molecule has 1 aromatic carbocycles. The molecule has 1 aliphatic heterocycles. The molecule has 0 atom stereocenters. The van der Waals surface area contributed by atoms with Crippen molar-refractivity contribution < 1.29 is 14.3 Å². The third-order valence-electron chi connectivity index (χ3n) is 2.33. The summed E-state index contributed by atoms with van der Waals surface area (Å²) in [6.45, 7) is 1.09. The van der Waals surface area contributed by atoms with E-state index in [0.717, 1.165) is 5.69 Å². The zero-order valence-electron chi connectivity index (χ0n) is 7.48. The molecule has 2 rings (SSSR count). The smallest absolute Gasteiger partial charge is 0.153 e. The Hall–Kier alpha value is -1.42. The van der Waals surface area contributed by atoms with Crippen molar-refractivity contribution in [1.82, 2.24) is 0 Å². The summed E-state index contributed by atoms with van der Waals surface area (Å²) in [5.41, 5.74) is 0.836. The summed E-state index contributed by atoms with van der Waals surface area (Å²) in [4.78, 5) is 12.4. The first-order chi connectivity index (χ1) is 6.70. The highest BCUT2D eigenvalue weighted by molar-refractivity contribution is 5.77. The summed E-state index contributed by atoms with van der Waals surface area (Å²) >= 11 is 0. The third kappa shape index (κ3) is 1.48. The minimum absolute atomic E-state index is 0.0592. The summed E-state index contributed by atoms with van der Waals surface area (Å²) in [5.74, 6) is -0.509. The van der Waals surface area contributed by atoms with E-state index in [-0.39, 0.29) is 11.7 Å². The number of hydrogen-bond acceptors (Lipinski definition) is 3. The van der Waals surface area contributed by atoms with Gasteiger partial charge in [-0.3, -0.25) is 4.79 Å². The highest BCUT2D eigenvalue weighted by Gasteiger charge is 2.24. The Bertz CT molecular complexity index is 361. The molecule has 1 aliphatic rings. The normalized spacial score (nSPS) is 16.6. The molecule has 3 nitrogen and oxygen atoms in total. The molecule has 1 heterocycles. The average molecular weight is 195 g/mol. The fourth-order valence-electron chi connectivity index (χ4n) is 1.48. The van der Waals surface area contributed by atoms with E-state index in [2.05, 4.69) is 0 Å². The van der Waals surface area contributed by atoms with Gasteiger partial charge in [0.25, 0.3) is 0 Å². The molecular weight excluding hydrogens is 185 g/mol. The van der Waals surface area contributed by atoms with Gasteiger partial charge < -0.3 is 10.0 Å². The molecule has 74 valence electrons. The van der Waals surface area contributed by atoms with E-state index in [4.69, 9.17) is 5.11 Å². The summed E-state index contributed by atoms with van der Waals surface area (Å²) < 4.78 is 12.9. The van der Waals surface area contributed by atoms with Crippen molar-refractivity contribution in [2.75, 3.05) is 18.0 Å². The number of benzene rings is 1. The van der Waals surface area contributed by atoms with Gasteiger partial charge in [0.15, 0.2) is 6.29 Å². The van der Waals surface area contributed by atoms with Gasteiger partial charge in [-0.05, 0) is 18.2 Å². The van der Waals surface area contributed by atoms with Crippen LogP contribution in [0.1, 0.15) is 10.4 Å². The van der Waals surface area contributed by atoms with Gasteiger partial charge in [-0.25, -0.2) is 4.39 Å². The van der Waals surface area contributed by atoms with Crippen molar-refractivity contribution in [2.24, 2.45) is 0 Å². The quantitative estimate of drug-likeness (QED) is 0.710. The molecule has 1 saturated heterocycles. The maximum atomic E-state index is 12.9. The number of aliphatic hydroxyl groups is 1. The number of β-amino-alcohol motifs (C(OH)–C–C–N with tert-alkyl or cyclic N) is 1. The Kier molecular flexibility index (Phi) is 2.21. The van der Waals surface area contributed by atoms with Crippen LogP contribution in [0.25, 0.3) is 0 Å². The molecule has 0 radical (unpaired) electrons. The molecule has 0 spiro atoms. The number of carbonyl (C=O) groups excluding carboxylic acids is 1. The molecule has 14 heavy (non-hydrogen) atoms. The maximum absolute atomic E-state index is 12.9. The van der Waals surface area contributed by atoms with Crippen LogP contribution in [-0.2, 0) is 0 Å². The van der Waals surface area contributed by atoms with Gasteiger partial charge in [-0.2, -0.15) is 0 Å². The Morgan fingerprint density at radius 3 is 2.79 bits per heavy atom. The average Bonchev–Trinajstić information content (AvgIpc) is 2.14. The minimum atomic E-state index is -0.509. The van der Waals surface area contributed by atoms with Crippen molar-refractivity contribution in [1.29, 1.82) is 0 Å². The Morgan fingerprint density at radius 2 is 2.21 bits per heavy atom. The Balaban J connectivity index is 2.23. The number of anilines is 1. The van der Waals surface area contributed by atoms with Gasteiger partial charge in [0.2, 0.25) is 0 Å². The third-order valence-corrected chi connectivity index (χ3v) is 2.33. The second kappa shape index (κ2) is 3.38. The summed E-state index contributed by atoms with van der Waals surface area (Å²) in [5, 5.41) is 9.08.